The third kappa shape index (κ3) is 3.78. The molecule has 1 aromatic heterocycles. The zero-order valence-electron chi connectivity index (χ0n) is 10.8. The summed E-state index contributed by atoms with van der Waals surface area (Å²) >= 11 is 0. The van der Waals surface area contributed by atoms with Gasteiger partial charge in [-0.25, -0.2) is 4.31 Å². The molecule has 1 N–H and O–H groups in total. The van der Waals surface area contributed by atoms with E-state index >= 15 is 0 Å². The normalized spacial score (nSPS) is 12.2. The summed E-state index contributed by atoms with van der Waals surface area (Å²) in [5.41, 5.74) is -0.429. The molecule has 1 heterocycles. The number of rotatable bonds is 3. The molecule has 0 saturated heterocycles. The minimum Gasteiger partial charge on any atom is -0.268 e. The Balaban J connectivity index is 2.95. The van der Waals surface area contributed by atoms with Gasteiger partial charge in [-0.05, 0) is 32.9 Å². The van der Waals surface area contributed by atoms with Gasteiger partial charge in [-0.3, -0.25) is 9.78 Å². The molecule has 0 unspecified atom stereocenters. The van der Waals surface area contributed by atoms with Crippen molar-refractivity contribution in [2.45, 2.75) is 26.3 Å². The van der Waals surface area contributed by atoms with Crippen LogP contribution in [0.2, 0.25) is 0 Å². The van der Waals surface area contributed by atoms with Gasteiger partial charge in [-0.15, -0.1) is 0 Å². The van der Waals surface area contributed by atoms with Crippen molar-refractivity contribution in [1.82, 2.24) is 14.0 Å². The Bertz CT molecular complexity index is 520. The van der Waals surface area contributed by atoms with E-state index in [4.69, 9.17) is 0 Å². The first-order valence-corrected chi connectivity index (χ1v) is 6.80. The topological polar surface area (TPSA) is 79.4 Å². The molecule has 1 aromatic rings. The second kappa shape index (κ2) is 5.03. The fraction of sp³-hybridized carbons (Fsp3) is 0.455. The van der Waals surface area contributed by atoms with Crippen molar-refractivity contribution in [3.05, 3.63) is 30.1 Å². The van der Waals surface area contributed by atoms with Gasteiger partial charge in [-0.1, -0.05) is 0 Å². The molecule has 0 aliphatic carbocycles. The molecule has 0 spiro atoms. The Labute approximate surface area is 107 Å². The van der Waals surface area contributed by atoms with Gasteiger partial charge in [0, 0.05) is 25.0 Å². The largest absolute Gasteiger partial charge is 0.304 e. The van der Waals surface area contributed by atoms with E-state index in [0.717, 1.165) is 0 Å². The molecule has 1 amide bonds. The molecule has 6 nitrogen and oxygen atoms in total. The van der Waals surface area contributed by atoms with Crippen molar-refractivity contribution in [3.63, 3.8) is 0 Å². The maximum Gasteiger partial charge on any atom is 0.304 e. The predicted octanol–water partition coefficient (Wildman–Crippen LogP) is 0.786. The number of nitrogens with one attached hydrogen (secondary N) is 1. The lowest BCUT2D eigenvalue weighted by Gasteiger charge is -2.25. The summed E-state index contributed by atoms with van der Waals surface area (Å²) in [4.78, 5) is 15.7. The van der Waals surface area contributed by atoms with Gasteiger partial charge in [0.15, 0.2) is 0 Å². The van der Waals surface area contributed by atoms with Gasteiger partial charge in [0.1, 0.15) is 0 Å². The summed E-state index contributed by atoms with van der Waals surface area (Å²) in [7, 11) is -2.65. The quantitative estimate of drug-likeness (QED) is 0.881. The SMILES string of the molecule is CN(C(=O)c1cccnc1)S(=O)(=O)NC(C)(C)C. The van der Waals surface area contributed by atoms with E-state index in [0.29, 0.717) is 4.31 Å². The molecule has 0 atom stereocenters. The van der Waals surface area contributed by atoms with E-state index in [1.54, 1.807) is 26.8 Å². The van der Waals surface area contributed by atoms with Gasteiger partial charge in [0.2, 0.25) is 0 Å². The second-order valence-corrected chi connectivity index (χ2v) is 6.57. The lowest BCUT2D eigenvalue weighted by atomic mass is 10.1. The van der Waals surface area contributed by atoms with E-state index in [1.807, 2.05) is 0 Å². The first-order chi connectivity index (χ1) is 8.13. The number of nitrogens with zero attached hydrogens (tertiary/aromatic N) is 2. The summed E-state index contributed by atoms with van der Waals surface area (Å²) in [6, 6.07) is 3.09. The second-order valence-electron chi connectivity index (χ2n) is 4.87. The maximum absolute atomic E-state index is 11.9. The van der Waals surface area contributed by atoms with Gasteiger partial charge in [-0.2, -0.15) is 13.1 Å². The van der Waals surface area contributed by atoms with Crippen molar-refractivity contribution < 1.29 is 13.2 Å². The number of hydrogen-bond donors (Lipinski definition) is 1. The molecule has 1 rings (SSSR count). The highest BCUT2D eigenvalue weighted by Crippen LogP contribution is 2.09. The van der Waals surface area contributed by atoms with E-state index < -0.39 is 21.7 Å². The average molecular weight is 271 g/mol. The molecular formula is C11H17N3O3S. The molecule has 100 valence electrons. The standard InChI is InChI=1S/C11H17N3O3S/c1-11(2,3)13-18(16,17)14(4)10(15)9-6-5-7-12-8-9/h5-8,13H,1-4H3. The molecule has 0 fully saturated rings. The number of carbonyl (C=O) groups is 1. The Morgan fingerprint density at radius 1 is 1.39 bits per heavy atom. The average Bonchev–Trinajstić information content (AvgIpc) is 2.25. The molecule has 0 aromatic carbocycles. The van der Waals surface area contributed by atoms with Crippen LogP contribution in [0.25, 0.3) is 0 Å². The Kier molecular flexibility index (Phi) is 4.08. The van der Waals surface area contributed by atoms with Crippen LogP contribution in [0.15, 0.2) is 24.5 Å². The summed E-state index contributed by atoms with van der Waals surface area (Å²) < 4.78 is 26.9. The Morgan fingerprint density at radius 3 is 2.44 bits per heavy atom. The Hall–Kier alpha value is -1.47. The van der Waals surface area contributed by atoms with Gasteiger partial charge in [0.25, 0.3) is 5.91 Å². The minimum absolute atomic E-state index is 0.222. The van der Waals surface area contributed by atoms with Crippen LogP contribution < -0.4 is 4.72 Å². The maximum atomic E-state index is 11.9. The van der Waals surface area contributed by atoms with Gasteiger partial charge < -0.3 is 0 Å². The monoisotopic (exact) mass is 271 g/mol. The van der Waals surface area contributed by atoms with Crippen molar-refractivity contribution >= 4 is 16.1 Å². The fourth-order valence-electron chi connectivity index (χ4n) is 1.24. The highest BCUT2D eigenvalue weighted by atomic mass is 32.2. The lowest BCUT2D eigenvalue weighted by molar-refractivity contribution is 0.0880. The van der Waals surface area contributed by atoms with Crippen LogP contribution >= 0.6 is 0 Å². The summed E-state index contributed by atoms with van der Waals surface area (Å²) in [6.07, 6.45) is 2.84. The summed E-state index contributed by atoms with van der Waals surface area (Å²) in [6.45, 7) is 5.10. The fourth-order valence-corrected chi connectivity index (χ4v) is 2.47. The van der Waals surface area contributed by atoms with Crippen LogP contribution in [0, 0.1) is 0 Å². The molecule has 0 saturated carbocycles. The third-order valence-electron chi connectivity index (χ3n) is 1.99. The predicted molar refractivity (Wildman–Crippen MR) is 68.1 cm³/mol. The smallest absolute Gasteiger partial charge is 0.268 e. The lowest BCUT2D eigenvalue weighted by Crippen LogP contribution is -2.49. The molecule has 0 aliphatic rings. The minimum atomic E-state index is -3.86. The van der Waals surface area contributed by atoms with E-state index in [2.05, 4.69) is 9.71 Å². The number of amides is 1. The molecule has 0 radical (unpaired) electrons. The van der Waals surface area contributed by atoms with Crippen molar-refractivity contribution in [3.8, 4) is 0 Å². The molecule has 0 aliphatic heterocycles. The number of carbonyl (C=O) groups excluding carboxylic acids is 1. The molecule has 18 heavy (non-hydrogen) atoms. The van der Waals surface area contributed by atoms with Crippen LogP contribution in [0.4, 0.5) is 0 Å². The first kappa shape index (κ1) is 14.6. The molecular weight excluding hydrogens is 254 g/mol. The van der Waals surface area contributed by atoms with E-state index in [-0.39, 0.29) is 5.56 Å². The van der Waals surface area contributed by atoms with Crippen LogP contribution in [0.1, 0.15) is 31.1 Å². The zero-order valence-corrected chi connectivity index (χ0v) is 11.7. The third-order valence-corrected chi connectivity index (χ3v) is 3.75. The highest BCUT2D eigenvalue weighted by molar-refractivity contribution is 7.87. The van der Waals surface area contributed by atoms with Crippen LogP contribution in [-0.4, -0.2) is 36.2 Å². The highest BCUT2D eigenvalue weighted by Gasteiger charge is 2.28. The van der Waals surface area contributed by atoms with E-state index in [9.17, 15) is 13.2 Å². The number of pyridine rings is 1. The molecule has 7 heteroatoms. The van der Waals surface area contributed by atoms with Crippen LogP contribution in [0.5, 0.6) is 0 Å². The van der Waals surface area contributed by atoms with E-state index in [1.165, 1.54) is 25.5 Å². The first-order valence-electron chi connectivity index (χ1n) is 5.36. The summed E-state index contributed by atoms with van der Waals surface area (Å²) in [5, 5.41) is 0. The molecule has 0 bridgehead atoms. The zero-order chi connectivity index (χ0) is 14.0. The van der Waals surface area contributed by atoms with Crippen LogP contribution in [0.3, 0.4) is 0 Å². The van der Waals surface area contributed by atoms with Gasteiger partial charge >= 0.3 is 10.2 Å². The summed E-state index contributed by atoms with van der Waals surface area (Å²) in [5.74, 6) is -0.625. The van der Waals surface area contributed by atoms with Crippen molar-refractivity contribution in [2.75, 3.05) is 7.05 Å². The Morgan fingerprint density at radius 2 is 2.00 bits per heavy atom. The van der Waals surface area contributed by atoms with Crippen molar-refractivity contribution in [2.24, 2.45) is 0 Å². The van der Waals surface area contributed by atoms with Crippen LogP contribution in [-0.2, 0) is 10.2 Å². The van der Waals surface area contributed by atoms with Gasteiger partial charge in [0.05, 0.1) is 5.56 Å². The number of hydrogen-bond acceptors (Lipinski definition) is 4. The number of aromatic nitrogens is 1. The van der Waals surface area contributed by atoms with Crippen molar-refractivity contribution in [1.29, 1.82) is 0 Å².